The first kappa shape index (κ1) is 16.7. The molecule has 1 heterocycles. The number of carbonyl (C=O) groups is 1. The van der Waals surface area contributed by atoms with E-state index in [2.05, 4.69) is 5.32 Å². The Morgan fingerprint density at radius 2 is 2.10 bits per heavy atom. The Bertz CT molecular complexity index is 576. The van der Waals surface area contributed by atoms with Crippen molar-refractivity contribution < 1.29 is 17.6 Å². The quantitative estimate of drug-likeness (QED) is 0.786. The second-order valence-electron chi connectivity index (χ2n) is 4.84. The van der Waals surface area contributed by atoms with Crippen molar-refractivity contribution in [3.63, 3.8) is 0 Å². The van der Waals surface area contributed by atoms with Gasteiger partial charge in [0.2, 0.25) is 10.0 Å². The summed E-state index contributed by atoms with van der Waals surface area (Å²) in [5, 5.41) is 2.63. The second kappa shape index (κ2) is 6.38. The highest BCUT2D eigenvalue weighted by Crippen LogP contribution is 2.22. The molecule has 1 aromatic rings. The van der Waals surface area contributed by atoms with E-state index in [1.54, 1.807) is 0 Å². The minimum Gasteiger partial charge on any atom is -0.455 e. The maximum Gasteiger partial charge on any atom is 0.287 e. The van der Waals surface area contributed by atoms with Crippen LogP contribution in [0.3, 0.4) is 0 Å². The monoisotopic (exact) mass is 303 g/mol. The molecule has 0 fully saturated rings. The smallest absolute Gasteiger partial charge is 0.287 e. The largest absolute Gasteiger partial charge is 0.455 e. The standard InChI is InChI=1S/C12H21N3O4S/c1-8(13)5-6-14-12(16)10-7-11(9(2)19-10)20(17,18)15(3)4/h7-8H,5-6,13H2,1-4H3,(H,14,16). The lowest BCUT2D eigenvalue weighted by Gasteiger charge is -2.09. The van der Waals surface area contributed by atoms with Crippen LogP contribution in [0.15, 0.2) is 15.4 Å². The van der Waals surface area contributed by atoms with Gasteiger partial charge in [-0.3, -0.25) is 4.79 Å². The van der Waals surface area contributed by atoms with Gasteiger partial charge in [-0.1, -0.05) is 0 Å². The SMILES string of the molecule is Cc1oc(C(=O)NCCC(C)N)cc1S(=O)(=O)N(C)C. The van der Waals surface area contributed by atoms with Crippen LogP contribution < -0.4 is 11.1 Å². The molecular weight excluding hydrogens is 282 g/mol. The molecule has 20 heavy (non-hydrogen) atoms. The van der Waals surface area contributed by atoms with Gasteiger partial charge in [0, 0.05) is 32.7 Å². The van der Waals surface area contributed by atoms with Crippen LogP contribution in [0.25, 0.3) is 0 Å². The molecule has 0 aromatic carbocycles. The number of amides is 1. The maximum absolute atomic E-state index is 12.0. The molecule has 0 saturated carbocycles. The van der Waals surface area contributed by atoms with Crippen molar-refractivity contribution in [2.45, 2.75) is 31.2 Å². The summed E-state index contributed by atoms with van der Waals surface area (Å²) in [5.41, 5.74) is 5.58. The molecule has 0 aliphatic heterocycles. The number of hydrogen-bond acceptors (Lipinski definition) is 5. The number of nitrogens with two attached hydrogens (primary N) is 1. The number of aryl methyl sites for hydroxylation is 1. The van der Waals surface area contributed by atoms with Gasteiger partial charge in [-0.05, 0) is 20.3 Å². The van der Waals surface area contributed by atoms with Crippen LogP contribution in [0, 0.1) is 6.92 Å². The summed E-state index contributed by atoms with van der Waals surface area (Å²) in [7, 11) is -0.773. The van der Waals surface area contributed by atoms with Crippen molar-refractivity contribution in [1.82, 2.24) is 9.62 Å². The summed E-state index contributed by atoms with van der Waals surface area (Å²) in [6, 6.07) is 1.23. The van der Waals surface area contributed by atoms with Crippen LogP contribution in [0.2, 0.25) is 0 Å². The summed E-state index contributed by atoms with van der Waals surface area (Å²) >= 11 is 0. The zero-order chi connectivity index (χ0) is 15.5. The predicted molar refractivity (Wildman–Crippen MR) is 74.9 cm³/mol. The fraction of sp³-hybridized carbons (Fsp3) is 0.583. The molecule has 114 valence electrons. The summed E-state index contributed by atoms with van der Waals surface area (Å²) in [6.07, 6.45) is 0.633. The summed E-state index contributed by atoms with van der Waals surface area (Å²) in [5.74, 6) is -0.280. The van der Waals surface area contributed by atoms with E-state index in [9.17, 15) is 13.2 Å². The Balaban J connectivity index is 2.88. The van der Waals surface area contributed by atoms with Gasteiger partial charge in [-0.15, -0.1) is 0 Å². The summed E-state index contributed by atoms with van der Waals surface area (Å²) in [6.45, 7) is 3.76. The van der Waals surface area contributed by atoms with Crippen LogP contribution in [-0.2, 0) is 10.0 Å². The average molecular weight is 303 g/mol. The highest BCUT2D eigenvalue weighted by molar-refractivity contribution is 7.89. The van der Waals surface area contributed by atoms with E-state index < -0.39 is 15.9 Å². The Kier molecular flexibility index (Phi) is 5.32. The van der Waals surface area contributed by atoms with E-state index in [0.29, 0.717) is 13.0 Å². The van der Waals surface area contributed by atoms with Gasteiger partial charge in [0.1, 0.15) is 10.7 Å². The number of furan rings is 1. The molecule has 0 aliphatic carbocycles. The normalized spacial score (nSPS) is 13.5. The van der Waals surface area contributed by atoms with Crippen LogP contribution in [0.4, 0.5) is 0 Å². The van der Waals surface area contributed by atoms with Gasteiger partial charge in [0.25, 0.3) is 5.91 Å². The Hall–Kier alpha value is -1.38. The van der Waals surface area contributed by atoms with E-state index in [4.69, 9.17) is 10.2 Å². The van der Waals surface area contributed by atoms with Crippen molar-refractivity contribution in [3.8, 4) is 0 Å². The molecule has 0 radical (unpaired) electrons. The van der Waals surface area contributed by atoms with Gasteiger partial charge in [-0.25, -0.2) is 12.7 Å². The first-order valence-electron chi connectivity index (χ1n) is 6.23. The lowest BCUT2D eigenvalue weighted by atomic mass is 10.2. The first-order valence-corrected chi connectivity index (χ1v) is 7.67. The van der Waals surface area contributed by atoms with Gasteiger partial charge >= 0.3 is 0 Å². The lowest BCUT2D eigenvalue weighted by molar-refractivity contribution is 0.0924. The van der Waals surface area contributed by atoms with Crippen LogP contribution >= 0.6 is 0 Å². The lowest BCUT2D eigenvalue weighted by Crippen LogP contribution is -2.28. The molecule has 1 atom stereocenters. The van der Waals surface area contributed by atoms with E-state index in [1.165, 1.54) is 27.1 Å². The minimum absolute atomic E-state index is 0.000145. The Morgan fingerprint density at radius 1 is 1.50 bits per heavy atom. The third-order valence-corrected chi connectivity index (χ3v) is 4.66. The van der Waals surface area contributed by atoms with E-state index in [-0.39, 0.29) is 22.5 Å². The highest BCUT2D eigenvalue weighted by Gasteiger charge is 2.25. The number of rotatable bonds is 6. The second-order valence-corrected chi connectivity index (χ2v) is 6.96. The average Bonchev–Trinajstić information content (AvgIpc) is 2.71. The number of carbonyl (C=O) groups excluding carboxylic acids is 1. The van der Waals surface area contributed by atoms with E-state index >= 15 is 0 Å². The predicted octanol–water partition coefficient (Wildman–Crippen LogP) is 0.305. The van der Waals surface area contributed by atoms with Gasteiger partial charge in [0.05, 0.1) is 0 Å². The van der Waals surface area contributed by atoms with Crippen LogP contribution in [0.5, 0.6) is 0 Å². The molecule has 0 aliphatic rings. The zero-order valence-electron chi connectivity index (χ0n) is 12.1. The molecule has 3 N–H and O–H groups in total. The molecule has 0 bridgehead atoms. The van der Waals surface area contributed by atoms with Crippen LogP contribution in [-0.4, -0.2) is 45.3 Å². The summed E-state index contributed by atoms with van der Waals surface area (Å²) in [4.78, 5) is 11.8. The van der Waals surface area contributed by atoms with Crippen molar-refractivity contribution in [3.05, 3.63) is 17.6 Å². The third-order valence-electron chi connectivity index (χ3n) is 2.74. The topological polar surface area (TPSA) is 106 Å². The highest BCUT2D eigenvalue weighted by atomic mass is 32.2. The van der Waals surface area contributed by atoms with Gasteiger partial charge in [0.15, 0.2) is 5.76 Å². The van der Waals surface area contributed by atoms with Gasteiger partial charge in [-0.2, -0.15) is 0 Å². The maximum atomic E-state index is 12.0. The molecule has 1 amide bonds. The Labute approximate surface area is 119 Å². The third kappa shape index (κ3) is 3.81. The zero-order valence-corrected chi connectivity index (χ0v) is 13.0. The fourth-order valence-electron chi connectivity index (χ4n) is 1.53. The molecular formula is C12H21N3O4S. The van der Waals surface area contributed by atoms with Crippen molar-refractivity contribution in [2.24, 2.45) is 5.73 Å². The molecule has 8 heteroatoms. The van der Waals surface area contributed by atoms with Gasteiger partial charge < -0.3 is 15.5 Å². The first-order chi connectivity index (χ1) is 9.16. The molecule has 1 unspecified atom stereocenters. The number of sulfonamides is 1. The summed E-state index contributed by atoms with van der Waals surface area (Å²) < 4.78 is 30.3. The molecule has 7 nitrogen and oxygen atoms in total. The minimum atomic E-state index is -3.61. The number of hydrogen-bond donors (Lipinski definition) is 2. The molecule has 0 spiro atoms. The Morgan fingerprint density at radius 3 is 2.60 bits per heavy atom. The van der Waals surface area contributed by atoms with E-state index in [0.717, 1.165) is 4.31 Å². The molecule has 1 aromatic heterocycles. The number of nitrogens with one attached hydrogen (secondary N) is 1. The number of nitrogens with zero attached hydrogens (tertiary/aromatic N) is 1. The fourth-order valence-corrected chi connectivity index (χ4v) is 2.58. The van der Waals surface area contributed by atoms with E-state index in [1.807, 2.05) is 6.92 Å². The van der Waals surface area contributed by atoms with Crippen molar-refractivity contribution in [1.29, 1.82) is 0 Å². The van der Waals surface area contributed by atoms with Crippen molar-refractivity contribution >= 4 is 15.9 Å². The van der Waals surface area contributed by atoms with Crippen LogP contribution in [0.1, 0.15) is 29.7 Å². The molecule has 1 rings (SSSR count). The molecule has 0 saturated heterocycles. The van der Waals surface area contributed by atoms with Crippen molar-refractivity contribution in [2.75, 3.05) is 20.6 Å².